The molecule has 0 saturated carbocycles. The molecule has 2 N–H and O–H groups in total. The molecule has 80 valence electrons. The molecule has 0 spiro atoms. The van der Waals surface area contributed by atoms with E-state index in [2.05, 4.69) is 10.6 Å². The van der Waals surface area contributed by atoms with Gasteiger partial charge in [-0.2, -0.15) is 0 Å². The average Bonchev–Trinajstić information content (AvgIpc) is 2.22. The topological polar surface area (TPSA) is 41.1 Å². The number of hydrogen-bond acceptors (Lipinski definition) is 2. The summed E-state index contributed by atoms with van der Waals surface area (Å²) in [6.45, 7) is 2.30. The summed E-state index contributed by atoms with van der Waals surface area (Å²) in [5, 5.41) is 5.91. The van der Waals surface area contributed by atoms with Gasteiger partial charge in [0.15, 0.2) is 0 Å². The minimum Gasteiger partial charge on any atom is -0.353 e. The van der Waals surface area contributed by atoms with Crippen LogP contribution in [0.4, 0.5) is 4.39 Å². The first kappa shape index (κ1) is 10.1. The SMILES string of the molecule is CC1NC(c2cccc(F)c2)CNC1=O. The van der Waals surface area contributed by atoms with E-state index in [-0.39, 0.29) is 23.8 Å². The zero-order chi connectivity index (χ0) is 10.8. The Bertz CT molecular complexity index is 381. The molecule has 1 saturated heterocycles. The van der Waals surface area contributed by atoms with Gasteiger partial charge in [0, 0.05) is 6.54 Å². The van der Waals surface area contributed by atoms with Gasteiger partial charge in [-0.25, -0.2) is 4.39 Å². The molecule has 3 nitrogen and oxygen atoms in total. The van der Waals surface area contributed by atoms with Crippen molar-refractivity contribution in [1.29, 1.82) is 0 Å². The van der Waals surface area contributed by atoms with E-state index in [1.807, 2.05) is 6.07 Å². The molecule has 1 aromatic rings. The molecule has 1 aromatic carbocycles. The molecule has 2 atom stereocenters. The largest absolute Gasteiger partial charge is 0.353 e. The molecule has 15 heavy (non-hydrogen) atoms. The molecular weight excluding hydrogens is 195 g/mol. The van der Waals surface area contributed by atoms with Crippen LogP contribution in [0.3, 0.4) is 0 Å². The quantitative estimate of drug-likeness (QED) is 0.722. The van der Waals surface area contributed by atoms with Crippen molar-refractivity contribution in [1.82, 2.24) is 10.6 Å². The molecule has 1 aliphatic heterocycles. The smallest absolute Gasteiger partial charge is 0.236 e. The number of rotatable bonds is 1. The van der Waals surface area contributed by atoms with Crippen molar-refractivity contribution >= 4 is 5.91 Å². The van der Waals surface area contributed by atoms with Crippen LogP contribution in [0, 0.1) is 5.82 Å². The summed E-state index contributed by atoms with van der Waals surface area (Å²) in [5.41, 5.74) is 0.863. The van der Waals surface area contributed by atoms with Crippen LogP contribution >= 0.6 is 0 Å². The number of carbonyl (C=O) groups excluding carboxylic acids is 1. The van der Waals surface area contributed by atoms with E-state index in [1.54, 1.807) is 13.0 Å². The fourth-order valence-corrected chi connectivity index (χ4v) is 1.73. The maximum absolute atomic E-state index is 13.0. The Morgan fingerprint density at radius 2 is 2.27 bits per heavy atom. The zero-order valence-electron chi connectivity index (χ0n) is 8.46. The van der Waals surface area contributed by atoms with E-state index in [4.69, 9.17) is 0 Å². The lowest BCUT2D eigenvalue weighted by atomic mass is 10.0. The minimum atomic E-state index is -0.251. The number of carbonyl (C=O) groups is 1. The first-order chi connectivity index (χ1) is 7.16. The first-order valence-electron chi connectivity index (χ1n) is 4.96. The summed E-state index contributed by atoms with van der Waals surface area (Å²) in [6, 6.07) is 6.19. The third kappa shape index (κ3) is 2.15. The van der Waals surface area contributed by atoms with Crippen molar-refractivity contribution in [2.24, 2.45) is 0 Å². The third-order valence-corrected chi connectivity index (χ3v) is 2.58. The Kier molecular flexibility index (Phi) is 2.68. The van der Waals surface area contributed by atoms with E-state index in [1.165, 1.54) is 12.1 Å². The van der Waals surface area contributed by atoms with Gasteiger partial charge in [0.05, 0.1) is 12.1 Å². The molecule has 0 radical (unpaired) electrons. The second kappa shape index (κ2) is 3.98. The summed E-state index contributed by atoms with van der Waals surface area (Å²) in [5.74, 6) is -0.262. The summed E-state index contributed by atoms with van der Waals surface area (Å²) >= 11 is 0. The number of hydrogen-bond donors (Lipinski definition) is 2. The molecular formula is C11H13FN2O. The van der Waals surface area contributed by atoms with Gasteiger partial charge in [-0.1, -0.05) is 12.1 Å². The summed E-state index contributed by atoms with van der Waals surface area (Å²) < 4.78 is 13.0. The lowest BCUT2D eigenvalue weighted by Crippen LogP contribution is -2.52. The molecule has 0 bridgehead atoms. The van der Waals surface area contributed by atoms with E-state index >= 15 is 0 Å². The second-order valence-electron chi connectivity index (χ2n) is 3.74. The van der Waals surface area contributed by atoms with Gasteiger partial charge in [-0.05, 0) is 24.6 Å². The highest BCUT2D eigenvalue weighted by Crippen LogP contribution is 2.16. The predicted molar refractivity (Wildman–Crippen MR) is 54.7 cm³/mol. The van der Waals surface area contributed by atoms with Crippen LogP contribution in [0.15, 0.2) is 24.3 Å². The normalized spacial score (nSPS) is 26.1. The Balaban J connectivity index is 2.15. The van der Waals surface area contributed by atoms with Gasteiger partial charge in [0.2, 0.25) is 5.91 Å². The Hall–Kier alpha value is -1.42. The van der Waals surface area contributed by atoms with Crippen LogP contribution in [-0.2, 0) is 4.79 Å². The molecule has 4 heteroatoms. The van der Waals surface area contributed by atoms with Gasteiger partial charge < -0.3 is 5.32 Å². The second-order valence-corrected chi connectivity index (χ2v) is 3.74. The average molecular weight is 208 g/mol. The van der Waals surface area contributed by atoms with Crippen molar-refractivity contribution in [3.05, 3.63) is 35.6 Å². The van der Waals surface area contributed by atoms with Crippen molar-refractivity contribution in [3.63, 3.8) is 0 Å². The van der Waals surface area contributed by atoms with E-state index in [0.717, 1.165) is 5.56 Å². The van der Waals surface area contributed by atoms with Crippen molar-refractivity contribution in [3.8, 4) is 0 Å². The number of amides is 1. The summed E-state index contributed by atoms with van der Waals surface area (Å²) in [7, 11) is 0. The minimum absolute atomic E-state index is 0.00611. The zero-order valence-corrected chi connectivity index (χ0v) is 8.46. The van der Waals surface area contributed by atoms with Gasteiger partial charge in [-0.3, -0.25) is 10.1 Å². The van der Waals surface area contributed by atoms with Crippen LogP contribution < -0.4 is 10.6 Å². The van der Waals surface area contributed by atoms with Crippen LogP contribution in [0.25, 0.3) is 0 Å². The summed E-state index contributed by atoms with van der Waals surface area (Å²) in [4.78, 5) is 11.2. The highest BCUT2D eigenvalue weighted by Gasteiger charge is 2.24. The number of benzene rings is 1. The van der Waals surface area contributed by atoms with Gasteiger partial charge in [0.25, 0.3) is 0 Å². The maximum Gasteiger partial charge on any atom is 0.236 e. The van der Waals surface area contributed by atoms with Crippen LogP contribution in [0.5, 0.6) is 0 Å². The van der Waals surface area contributed by atoms with Crippen molar-refractivity contribution < 1.29 is 9.18 Å². The van der Waals surface area contributed by atoms with Crippen LogP contribution in [0.1, 0.15) is 18.5 Å². The highest BCUT2D eigenvalue weighted by molar-refractivity contribution is 5.82. The fourth-order valence-electron chi connectivity index (χ4n) is 1.73. The monoisotopic (exact) mass is 208 g/mol. The molecule has 0 aliphatic carbocycles. The van der Waals surface area contributed by atoms with Crippen LogP contribution in [-0.4, -0.2) is 18.5 Å². The van der Waals surface area contributed by atoms with Crippen molar-refractivity contribution in [2.75, 3.05) is 6.54 Å². The molecule has 1 aliphatic rings. The maximum atomic E-state index is 13.0. The van der Waals surface area contributed by atoms with Gasteiger partial charge in [0.1, 0.15) is 5.82 Å². The summed E-state index contributed by atoms with van der Waals surface area (Å²) in [6.07, 6.45) is 0. The van der Waals surface area contributed by atoms with Gasteiger partial charge >= 0.3 is 0 Å². The van der Waals surface area contributed by atoms with Crippen LogP contribution in [0.2, 0.25) is 0 Å². The molecule has 0 aromatic heterocycles. The number of halogens is 1. The first-order valence-corrected chi connectivity index (χ1v) is 4.96. The molecule has 1 heterocycles. The molecule has 2 unspecified atom stereocenters. The highest BCUT2D eigenvalue weighted by atomic mass is 19.1. The van der Waals surface area contributed by atoms with Gasteiger partial charge in [-0.15, -0.1) is 0 Å². The van der Waals surface area contributed by atoms with Crippen molar-refractivity contribution in [2.45, 2.75) is 19.0 Å². The number of nitrogens with one attached hydrogen (secondary N) is 2. The predicted octanol–water partition coefficient (Wildman–Crippen LogP) is 0.975. The molecule has 1 amide bonds. The number of piperazine rings is 1. The third-order valence-electron chi connectivity index (χ3n) is 2.58. The molecule has 1 fully saturated rings. The van der Waals surface area contributed by atoms with E-state index in [0.29, 0.717) is 6.54 Å². The fraction of sp³-hybridized carbons (Fsp3) is 0.364. The Morgan fingerprint density at radius 1 is 1.47 bits per heavy atom. The van der Waals surface area contributed by atoms with E-state index in [9.17, 15) is 9.18 Å². The molecule has 2 rings (SSSR count). The lowest BCUT2D eigenvalue weighted by molar-refractivity contribution is -0.124. The lowest BCUT2D eigenvalue weighted by Gasteiger charge is -2.29. The Labute approximate surface area is 87.7 Å². The standard InChI is InChI=1S/C11H13FN2O/c1-7-11(15)13-6-10(14-7)8-3-2-4-9(12)5-8/h2-5,7,10,14H,6H2,1H3,(H,13,15). The van der Waals surface area contributed by atoms with E-state index < -0.39 is 0 Å². The Morgan fingerprint density at radius 3 is 2.93 bits per heavy atom.